The lowest BCUT2D eigenvalue weighted by molar-refractivity contribution is -0.141. The Morgan fingerprint density at radius 3 is 2.89 bits per heavy atom. The van der Waals surface area contributed by atoms with Crippen LogP contribution in [0.5, 0.6) is 0 Å². The Bertz CT molecular complexity index is 987. The summed E-state index contributed by atoms with van der Waals surface area (Å²) >= 11 is 1.71. The molecule has 1 saturated heterocycles. The van der Waals surface area contributed by atoms with Gasteiger partial charge >= 0.3 is 5.97 Å². The molecule has 2 heterocycles. The number of piperidine rings is 1. The van der Waals surface area contributed by atoms with Crippen molar-refractivity contribution in [3.63, 3.8) is 0 Å². The summed E-state index contributed by atoms with van der Waals surface area (Å²) in [5.74, 6) is -0.252. The molecule has 1 unspecified atom stereocenters. The molecule has 2 aromatic carbocycles. The highest BCUT2D eigenvalue weighted by Gasteiger charge is 2.27. The van der Waals surface area contributed by atoms with Crippen LogP contribution in [0.2, 0.25) is 0 Å². The van der Waals surface area contributed by atoms with E-state index in [1.165, 1.54) is 4.90 Å². The van der Waals surface area contributed by atoms with Crippen molar-refractivity contribution in [2.45, 2.75) is 17.7 Å². The van der Waals surface area contributed by atoms with Gasteiger partial charge in [-0.05, 0) is 48.4 Å². The van der Waals surface area contributed by atoms with Crippen molar-refractivity contribution in [3.8, 4) is 11.1 Å². The third-order valence-electron chi connectivity index (χ3n) is 5.09. The molecule has 0 spiro atoms. The molecule has 0 amide bonds. The van der Waals surface area contributed by atoms with E-state index in [1.807, 2.05) is 12.1 Å². The molecule has 1 atom stereocenters. The van der Waals surface area contributed by atoms with Crippen LogP contribution < -0.4 is 4.90 Å². The van der Waals surface area contributed by atoms with Gasteiger partial charge < -0.3 is 10.0 Å². The number of aromatic nitrogens is 2. The molecule has 0 radical (unpaired) electrons. The lowest BCUT2D eigenvalue weighted by Crippen LogP contribution is -2.39. The molecule has 3 aromatic rings. The Morgan fingerprint density at radius 2 is 2.07 bits per heavy atom. The van der Waals surface area contributed by atoms with Gasteiger partial charge in [0.25, 0.3) is 0 Å². The number of rotatable bonds is 4. The van der Waals surface area contributed by atoms with Gasteiger partial charge in [0, 0.05) is 18.0 Å². The van der Waals surface area contributed by atoms with Gasteiger partial charge in [0.1, 0.15) is 12.1 Å². The van der Waals surface area contributed by atoms with E-state index in [0.29, 0.717) is 6.54 Å². The third kappa shape index (κ3) is 3.49. The third-order valence-corrected chi connectivity index (χ3v) is 5.82. The molecule has 1 aliphatic heterocycles. The van der Waals surface area contributed by atoms with Gasteiger partial charge in [-0.15, -0.1) is 11.8 Å². The van der Waals surface area contributed by atoms with Crippen LogP contribution in [0.1, 0.15) is 12.8 Å². The summed E-state index contributed by atoms with van der Waals surface area (Å²) in [6, 6.07) is 14.5. The summed E-state index contributed by atoms with van der Waals surface area (Å²) in [6.45, 7) is 1.30. The van der Waals surface area contributed by atoms with Crippen LogP contribution in [0.3, 0.4) is 0 Å². The number of hydrogen-bond acceptors (Lipinski definition) is 5. The predicted molar refractivity (Wildman–Crippen MR) is 109 cm³/mol. The van der Waals surface area contributed by atoms with E-state index in [4.69, 9.17) is 0 Å². The minimum Gasteiger partial charge on any atom is -0.481 e. The van der Waals surface area contributed by atoms with Gasteiger partial charge in [-0.25, -0.2) is 9.97 Å². The number of carboxylic acid groups (broad SMARTS) is 1. The van der Waals surface area contributed by atoms with Crippen LogP contribution in [-0.4, -0.2) is 40.4 Å². The maximum absolute atomic E-state index is 11.5. The second-order valence-electron chi connectivity index (χ2n) is 6.75. The fraction of sp³-hybridized carbons (Fsp3) is 0.286. The molecule has 1 fully saturated rings. The summed E-state index contributed by atoms with van der Waals surface area (Å²) in [6.07, 6.45) is 5.21. The van der Waals surface area contributed by atoms with Crippen molar-refractivity contribution in [2.24, 2.45) is 5.92 Å². The minimum atomic E-state index is -0.731. The van der Waals surface area contributed by atoms with E-state index in [0.717, 1.165) is 47.2 Å². The Labute approximate surface area is 162 Å². The Morgan fingerprint density at radius 1 is 1.22 bits per heavy atom. The second kappa shape index (κ2) is 7.56. The van der Waals surface area contributed by atoms with Gasteiger partial charge in [0.15, 0.2) is 0 Å². The lowest BCUT2D eigenvalue weighted by Gasteiger charge is -2.32. The number of thioether (sulfide) groups is 1. The van der Waals surface area contributed by atoms with Crippen molar-refractivity contribution < 1.29 is 9.90 Å². The molecule has 27 heavy (non-hydrogen) atoms. The van der Waals surface area contributed by atoms with Gasteiger partial charge in [0.2, 0.25) is 0 Å². The van der Waals surface area contributed by atoms with Gasteiger partial charge in [0.05, 0.1) is 16.8 Å². The molecule has 4 rings (SSSR count). The van der Waals surface area contributed by atoms with Crippen molar-refractivity contribution in [1.82, 2.24) is 9.97 Å². The van der Waals surface area contributed by atoms with Crippen molar-refractivity contribution >= 4 is 34.5 Å². The number of nitrogens with zero attached hydrogens (tertiary/aromatic N) is 3. The minimum absolute atomic E-state index is 0.351. The maximum atomic E-state index is 11.5. The van der Waals surface area contributed by atoms with Crippen LogP contribution in [0.25, 0.3) is 22.0 Å². The van der Waals surface area contributed by atoms with E-state index in [2.05, 4.69) is 51.5 Å². The van der Waals surface area contributed by atoms with E-state index < -0.39 is 5.97 Å². The number of aliphatic carboxylic acids is 1. The lowest BCUT2D eigenvalue weighted by atomic mass is 9.96. The van der Waals surface area contributed by atoms with E-state index in [9.17, 15) is 9.90 Å². The molecule has 138 valence electrons. The van der Waals surface area contributed by atoms with Crippen molar-refractivity contribution in [2.75, 3.05) is 24.2 Å². The summed E-state index contributed by atoms with van der Waals surface area (Å²) in [4.78, 5) is 23.8. The number of carboxylic acids is 1. The first-order valence-corrected chi connectivity index (χ1v) is 10.3. The molecule has 0 bridgehead atoms. The highest BCUT2D eigenvalue weighted by Crippen LogP contribution is 2.36. The molecule has 1 aromatic heterocycles. The maximum Gasteiger partial charge on any atom is 0.308 e. The number of hydrogen-bond donors (Lipinski definition) is 1. The van der Waals surface area contributed by atoms with Gasteiger partial charge in [-0.1, -0.05) is 24.3 Å². The molecule has 1 N–H and O–H groups in total. The Kier molecular flexibility index (Phi) is 4.99. The highest BCUT2D eigenvalue weighted by atomic mass is 32.2. The molecule has 0 aliphatic carbocycles. The van der Waals surface area contributed by atoms with Crippen LogP contribution in [-0.2, 0) is 4.79 Å². The normalized spacial score (nSPS) is 17.2. The molecule has 1 aliphatic rings. The van der Waals surface area contributed by atoms with E-state index in [-0.39, 0.29) is 5.92 Å². The van der Waals surface area contributed by atoms with E-state index in [1.54, 1.807) is 18.1 Å². The average molecular weight is 379 g/mol. The summed E-state index contributed by atoms with van der Waals surface area (Å²) in [5.41, 5.74) is 3.08. The molecular formula is C21H21N3O2S. The number of benzene rings is 2. The number of anilines is 1. The quantitative estimate of drug-likeness (QED) is 0.681. The molecule has 0 saturated carbocycles. The van der Waals surface area contributed by atoms with Crippen LogP contribution in [0, 0.1) is 5.92 Å². The predicted octanol–water partition coefficient (Wildman–Crippen LogP) is 4.32. The topological polar surface area (TPSA) is 66.3 Å². The monoisotopic (exact) mass is 379 g/mol. The number of carbonyl (C=O) groups is 1. The van der Waals surface area contributed by atoms with Crippen LogP contribution >= 0.6 is 11.8 Å². The smallest absolute Gasteiger partial charge is 0.308 e. The fourth-order valence-corrected chi connectivity index (χ4v) is 4.19. The Balaban J connectivity index is 1.86. The zero-order valence-electron chi connectivity index (χ0n) is 15.1. The first-order chi connectivity index (χ1) is 13.2. The second-order valence-corrected chi connectivity index (χ2v) is 7.63. The van der Waals surface area contributed by atoms with E-state index >= 15 is 0 Å². The first kappa shape index (κ1) is 17.8. The molecule has 5 nitrogen and oxygen atoms in total. The highest BCUT2D eigenvalue weighted by molar-refractivity contribution is 7.98. The van der Waals surface area contributed by atoms with Crippen LogP contribution in [0.15, 0.2) is 53.7 Å². The molecular weight excluding hydrogens is 358 g/mol. The Hall–Kier alpha value is -2.60. The zero-order valence-corrected chi connectivity index (χ0v) is 15.9. The first-order valence-electron chi connectivity index (χ1n) is 9.03. The summed E-state index contributed by atoms with van der Waals surface area (Å²) in [5, 5.41) is 10.4. The average Bonchev–Trinajstić information content (AvgIpc) is 2.73. The number of fused-ring (bicyclic) bond motifs is 1. The standard InChI is InChI=1S/C21H21N3O2S/c1-27-16-7-2-5-14(11-16)17-8-3-9-18-19(17)20(23-13-22-18)24-10-4-6-15(12-24)21(25)26/h2-3,5,7-9,11,13,15H,4,6,10,12H2,1H3,(H,25,26). The summed E-state index contributed by atoms with van der Waals surface area (Å²) in [7, 11) is 0. The fourth-order valence-electron chi connectivity index (χ4n) is 3.74. The molecule has 6 heteroatoms. The van der Waals surface area contributed by atoms with Crippen molar-refractivity contribution in [3.05, 3.63) is 48.8 Å². The summed E-state index contributed by atoms with van der Waals surface area (Å²) < 4.78 is 0. The zero-order chi connectivity index (χ0) is 18.8. The largest absolute Gasteiger partial charge is 0.481 e. The SMILES string of the molecule is CSc1cccc(-c2cccc3ncnc(N4CCCC(C(=O)O)C4)c23)c1. The van der Waals surface area contributed by atoms with Gasteiger partial charge in [-0.2, -0.15) is 0 Å². The van der Waals surface area contributed by atoms with Gasteiger partial charge in [-0.3, -0.25) is 4.79 Å². The van der Waals surface area contributed by atoms with Crippen LogP contribution in [0.4, 0.5) is 5.82 Å². The van der Waals surface area contributed by atoms with Crippen molar-refractivity contribution in [1.29, 1.82) is 0 Å².